The number of aromatic nitrogens is 1. The number of thiazole rings is 1. The lowest BCUT2D eigenvalue weighted by atomic mass is 9.85. The van der Waals surface area contributed by atoms with Crippen molar-refractivity contribution in [3.63, 3.8) is 0 Å². The molecule has 30 heavy (non-hydrogen) atoms. The molecule has 160 valence electrons. The second-order valence-corrected chi connectivity index (χ2v) is 9.77. The fourth-order valence-electron chi connectivity index (χ4n) is 5.54. The Balaban J connectivity index is 1.23. The van der Waals surface area contributed by atoms with E-state index < -0.39 is 5.97 Å². The number of aliphatic hydroxyl groups is 1. The highest BCUT2D eigenvalue weighted by molar-refractivity contribution is 7.09. The molecule has 1 saturated heterocycles. The van der Waals surface area contributed by atoms with Gasteiger partial charge in [-0.05, 0) is 73.6 Å². The number of fused-ring (bicyclic) bond motifs is 2. The van der Waals surface area contributed by atoms with Crippen LogP contribution in [0.1, 0.15) is 58.4 Å². The van der Waals surface area contributed by atoms with Crippen molar-refractivity contribution in [2.75, 3.05) is 18.5 Å². The molecule has 6 nitrogen and oxygen atoms in total. The monoisotopic (exact) mass is 428 g/mol. The predicted octanol–water partition coefficient (Wildman–Crippen LogP) is 3.91. The molecule has 0 unspecified atom stereocenters. The number of benzene rings is 1. The molecule has 1 aromatic heterocycles. The number of hydrogen-bond donors (Lipinski definition) is 3. The fraction of sp³-hybridized carbons (Fsp3) is 0.565. The Hall–Kier alpha value is -1.96. The van der Waals surface area contributed by atoms with E-state index in [2.05, 4.69) is 28.5 Å². The molecule has 0 amide bonds. The number of rotatable bonds is 5. The van der Waals surface area contributed by atoms with Crippen LogP contribution >= 0.6 is 11.3 Å². The van der Waals surface area contributed by atoms with Crippen LogP contribution in [0.5, 0.6) is 0 Å². The molecule has 1 aromatic carbocycles. The summed E-state index contributed by atoms with van der Waals surface area (Å²) >= 11 is 1.36. The second kappa shape index (κ2) is 8.29. The molecule has 2 aromatic rings. The first-order chi connectivity index (χ1) is 14.6. The molecular formula is C23H28N2O4S. The van der Waals surface area contributed by atoms with Gasteiger partial charge in [-0.3, -0.25) is 0 Å². The van der Waals surface area contributed by atoms with Gasteiger partial charge in [0.05, 0.1) is 12.7 Å². The number of anilines is 1. The van der Waals surface area contributed by atoms with Gasteiger partial charge >= 0.3 is 5.97 Å². The molecule has 3 aliphatic rings. The second-order valence-electron chi connectivity index (χ2n) is 8.88. The Morgan fingerprint density at radius 1 is 1.27 bits per heavy atom. The average Bonchev–Trinajstić information content (AvgIpc) is 3.43. The van der Waals surface area contributed by atoms with Crippen molar-refractivity contribution >= 4 is 23.0 Å². The van der Waals surface area contributed by atoms with Gasteiger partial charge in [-0.15, -0.1) is 11.3 Å². The van der Waals surface area contributed by atoms with Crippen molar-refractivity contribution in [1.29, 1.82) is 0 Å². The third-order valence-electron chi connectivity index (χ3n) is 7.12. The first-order valence-electron chi connectivity index (χ1n) is 10.9. The lowest BCUT2D eigenvalue weighted by Gasteiger charge is -2.24. The number of hydrogen-bond acceptors (Lipinski definition) is 6. The van der Waals surface area contributed by atoms with Gasteiger partial charge in [0.15, 0.2) is 5.69 Å². The molecular weight excluding hydrogens is 400 g/mol. The molecule has 7 heteroatoms. The van der Waals surface area contributed by atoms with Gasteiger partial charge in [-0.25, -0.2) is 9.78 Å². The Bertz CT molecular complexity index is 930. The highest BCUT2D eigenvalue weighted by atomic mass is 32.1. The molecule has 2 fully saturated rings. The number of nitrogens with zero attached hydrogens (tertiary/aromatic N) is 1. The normalized spacial score (nSPS) is 30.5. The van der Waals surface area contributed by atoms with Crippen LogP contribution < -0.4 is 5.32 Å². The molecule has 1 saturated carbocycles. The molecule has 3 N–H and O–H groups in total. The summed E-state index contributed by atoms with van der Waals surface area (Å²) in [6.07, 6.45) is 5.71. The maximum atomic E-state index is 11.1. The lowest BCUT2D eigenvalue weighted by molar-refractivity contribution is 0.0336. The van der Waals surface area contributed by atoms with Crippen molar-refractivity contribution in [2.45, 2.75) is 50.7 Å². The van der Waals surface area contributed by atoms with Crippen LogP contribution in [0.25, 0.3) is 0 Å². The number of nitrogens with one attached hydrogen (secondary N) is 1. The minimum absolute atomic E-state index is 0.0925. The Morgan fingerprint density at radius 3 is 2.97 bits per heavy atom. The quantitative estimate of drug-likeness (QED) is 0.669. The number of carboxylic acid groups (broad SMARTS) is 1. The average molecular weight is 429 g/mol. The van der Waals surface area contributed by atoms with Crippen LogP contribution in [0.3, 0.4) is 0 Å². The third kappa shape index (κ3) is 3.86. The van der Waals surface area contributed by atoms with Gasteiger partial charge in [-0.1, -0.05) is 6.07 Å². The SMILES string of the molecule is O=C(O)c1csc([C@H]2CC[C@H]3[C@@H](CO2)C[C@@H](O)[C@@H]3CNc2ccc3c(c2)CCC3)n1. The van der Waals surface area contributed by atoms with Crippen LogP contribution in [-0.4, -0.2) is 40.4 Å². The van der Waals surface area contributed by atoms with Crippen LogP contribution in [-0.2, 0) is 17.6 Å². The maximum absolute atomic E-state index is 11.1. The van der Waals surface area contributed by atoms with E-state index in [4.69, 9.17) is 9.84 Å². The van der Waals surface area contributed by atoms with Gasteiger partial charge in [-0.2, -0.15) is 0 Å². The number of ether oxygens (including phenoxy) is 1. The zero-order valence-corrected chi connectivity index (χ0v) is 17.7. The zero-order valence-electron chi connectivity index (χ0n) is 16.9. The van der Waals surface area contributed by atoms with E-state index in [0.29, 0.717) is 18.4 Å². The Labute approximate surface area is 180 Å². The summed E-state index contributed by atoms with van der Waals surface area (Å²) in [5.74, 6) is -0.0400. The molecule has 2 aliphatic carbocycles. The Morgan fingerprint density at radius 2 is 2.13 bits per heavy atom. The molecule has 0 bridgehead atoms. The van der Waals surface area contributed by atoms with Crippen molar-refractivity contribution in [1.82, 2.24) is 4.98 Å². The summed E-state index contributed by atoms with van der Waals surface area (Å²) < 4.78 is 6.13. The summed E-state index contributed by atoms with van der Waals surface area (Å²) in [6.45, 7) is 1.37. The highest BCUT2D eigenvalue weighted by Gasteiger charge is 2.44. The van der Waals surface area contributed by atoms with Gasteiger partial charge in [0.2, 0.25) is 0 Å². The first kappa shape index (κ1) is 20.0. The standard InChI is InChI=1S/C23H28N2O4S/c26-20-9-15-11-29-21(22-25-19(12-30-22)23(27)28)7-6-17(15)18(20)10-24-16-5-4-13-2-1-3-14(13)8-16/h4-5,8,12,15,17-18,20-21,24,26H,1-3,6-7,9-11H2,(H,27,28)/t15-,17+,18-,20-,21-/m1/s1. The van der Waals surface area contributed by atoms with E-state index in [-0.39, 0.29) is 23.8 Å². The van der Waals surface area contributed by atoms with Gasteiger partial charge in [0, 0.05) is 23.5 Å². The minimum atomic E-state index is -0.996. The number of aromatic carboxylic acids is 1. The molecule has 5 atom stereocenters. The fourth-order valence-corrected chi connectivity index (χ4v) is 6.41. The molecule has 0 spiro atoms. The number of aryl methyl sites for hydroxylation is 2. The molecule has 5 rings (SSSR count). The third-order valence-corrected chi connectivity index (χ3v) is 8.06. The van der Waals surface area contributed by atoms with Crippen molar-refractivity contribution < 1.29 is 19.7 Å². The summed E-state index contributed by atoms with van der Waals surface area (Å²) in [6, 6.07) is 6.68. The van der Waals surface area contributed by atoms with Gasteiger partial charge in [0.25, 0.3) is 0 Å². The zero-order chi connectivity index (χ0) is 20.7. The van der Waals surface area contributed by atoms with Crippen molar-refractivity contribution in [3.05, 3.63) is 45.4 Å². The summed E-state index contributed by atoms with van der Waals surface area (Å²) in [5.41, 5.74) is 4.18. The van der Waals surface area contributed by atoms with Gasteiger partial charge < -0.3 is 20.3 Å². The van der Waals surface area contributed by atoms with E-state index in [0.717, 1.165) is 36.5 Å². The van der Waals surface area contributed by atoms with E-state index in [1.165, 1.54) is 41.7 Å². The van der Waals surface area contributed by atoms with E-state index >= 15 is 0 Å². The lowest BCUT2D eigenvalue weighted by Crippen LogP contribution is -2.28. The van der Waals surface area contributed by atoms with Crippen LogP contribution in [0.4, 0.5) is 5.69 Å². The molecule has 1 aliphatic heterocycles. The summed E-state index contributed by atoms with van der Waals surface area (Å²) in [7, 11) is 0. The number of carboxylic acids is 1. The van der Waals surface area contributed by atoms with Crippen molar-refractivity contribution in [2.24, 2.45) is 17.8 Å². The van der Waals surface area contributed by atoms with E-state index in [9.17, 15) is 9.90 Å². The van der Waals surface area contributed by atoms with Crippen LogP contribution in [0, 0.1) is 17.8 Å². The molecule has 0 radical (unpaired) electrons. The first-order valence-corrected chi connectivity index (χ1v) is 11.8. The summed E-state index contributed by atoms with van der Waals surface area (Å²) in [4.78, 5) is 15.4. The van der Waals surface area contributed by atoms with E-state index in [1.807, 2.05) is 0 Å². The highest BCUT2D eigenvalue weighted by Crippen LogP contribution is 2.45. The topological polar surface area (TPSA) is 91.7 Å². The smallest absolute Gasteiger partial charge is 0.355 e. The predicted molar refractivity (Wildman–Crippen MR) is 115 cm³/mol. The Kier molecular flexibility index (Phi) is 5.52. The van der Waals surface area contributed by atoms with Crippen molar-refractivity contribution in [3.8, 4) is 0 Å². The van der Waals surface area contributed by atoms with Crippen LogP contribution in [0.2, 0.25) is 0 Å². The number of aliphatic hydroxyl groups excluding tert-OH is 1. The largest absolute Gasteiger partial charge is 0.476 e. The number of carbonyl (C=O) groups is 1. The van der Waals surface area contributed by atoms with E-state index in [1.54, 1.807) is 5.38 Å². The summed E-state index contributed by atoms with van der Waals surface area (Å²) in [5, 5.41) is 25.8. The maximum Gasteiger partial charge on any atom is 0.355 e. The molecule has 2 heterocycles. The van der Waals surface area contributed by atoms with Gasteiger partial charge in [0.1, 0.15) is 11.1 Å². The minimum Gasteiger partial charge on any atom is -0.476 e. The van der Waals surface area contributed by atoms with Crippen LogP contribution in [0.15, 0.2) is 23.6 Å².